The summed E-state index contributed by atoms with van der Waals surface area (Å²) in [6, 6.07) is 9.31. The Labute approximate surface area is 189 Å². The molecule has 1 atom stereocenters. The molecule has 170 valence electrons. The number of carbonyl (C=O) groups is 1. The first-order valence-electron chi connectivity index (χ1n) is 10.4. The first-order chi connectivity index (χ1) is 15.1. The molecule has 2 heterocycles. The summed E-state index contributed by atoms with van der Waals surface area (Å²) >= 11 is 0. The van der Waals surface area contributed by atoms with E-state index in [-0.39, 0.29) is 19.5 Å². The van der Waals surface area contributed by atoms with Gasteiger partial charge < -0.3 is 20.7 Å². The fraction of sp³-hybridized carbons (Fsp3) is 0.333. The van der Waals surface area contributed by atoms with Crippen molar-refractivity contribution in [1.82, 2.24) is 20.3 Å². The summed E-state index contributed by atoms with van der Waals surface area (Å²) in [4.78, 5) is 25.2. The standard InChI is InChI=1S/C23H28N6O2.CH4/c1-4-7-18(17-8-6-11-24-13-17)27-22-15-25-14-20(28-22)16-9-10-19(21(12-16)31-3)29-23(30)26-5-2;/h6,8-15,18H,4-5,7H2,1-3H3,(H,27,28)(H2,26,29,30);1H4. The van der Waals surface area contributed by atoms with Crippen LogP contribution < -0.4 is 20.7 Å². The van der Waals surface area contributed by atoms with Crippen molar-refractivity contribution in [3.8, 4) is 17.0 Å². The SMILES string of the molecule is C.CCCC(Nc1cncc(-c2ccc(NC(=O)NCC)c(OC)c2)n1)c1cccnc1. The Balaban J connectivity index is 0.00000363. The first-order valence-corrected chi connectivity index (χ1v) is 10.4. The van der Waals surface area contributed by atoms with E-state index in [9.17, 15) is 4.79 Å². The number of benzene rings is 1. The van der Waals surface area contributed by atoms with Crippen LogP contribution in [0.3, 0.4) is 0 Å². The van der Waals surface area contributed by atoms with E-state index in [4.69, 9.17) is 9.72 Å². The third-order valence-electron chi connectivity index (χ3n) is 4.70. The second-order valence-corrected chi connectivity index (χ2v) is 6.96. The smallest absolute Gasteiger partial charge is 0.319 e. The highest BCUT2D eigenvalue weighted by molar-refractivity contribution is 5.91. The van der Waals surface area contributed by atoms with Gasteiger partial charge in [0.2, 0.25) is 0 Å². The molecule has 32 heavy (non-hydrogen) atoms. The van der Waals surface area contributed by atoms with Crippen LogP contribution in [0.4, 0.5) is 16.3 Å². The van der Waals surface area contributed by atoms with Crippen LogP contribution >= 0.6 is 0 Å². The normalized spacial score (nSPS) is 11.1. The first kappa shape index (κ1) is 24.6. The maximum absolute atomic E-state index is 11.8. The molecule has 8 nitrogen and oxygen atoms in total. The zero-order valence-electron chi connectivity index (χ0n) is 18.1. The highest BCUT2D eigenvalue weighted by atomic mass is 16.5. The molecular weight excluding hydrogens is 404 g/mol. The largest absolute Gasteiger partial charge is 0.495 e. The Bertz CT molecular complexity index is 997. The van der Waals surface area contributed by atoms with Crippen molar-refractivity contribution in [3.05, 3.63) is 60.7 Å². The van der Waals surface area contributed by atoms with Gasteiger partial charge in [-0.15, -0.1) is 0 Å². The van der Waals surface area contributed by atoms with E-state index in [0.29, 0.717) is 29.5 Å². The fourth-order valence-corrected chi connectivity index (χ4v) is 3.23. The zero-order valence-corrected chi connectivity index (χ0v) is 18.1. The molecule has 1 aromatic carbocycles. The molecule has 1 unspecified atom stereocenters. The van der Waals surface area contributed by atoms with E-state index in [0.717, 1.165) is 24.0 Å². The molecule has 0 aliphatic rings. The van der Waals surface area contributed by atoms with Crippen molar-refractivity contribution < 1.29 is 9.53 Å². The quantitative estimate of drug-likeness (QED) is 0.422. The average molecular weight is 437 g/mol. The van der Waals surface area contributed by atoms with E-state index < -0.39 is 0 Å². The summed E-state index contributed by atoms with van der Waals surface area (Å²) in [5.41, 5.74) is 3.23. The van der Waals surface area contributed by atoms with Gasteiger partial charge in [-0.05, 0) is 37.1 Å². The van der Waals surface area contributed by atoms with Gasteiger partial charge in [-0.3, -0.25) is 9.97 Å². The van der Waals surface area contributed by atoms with Crippen molar-refractivity contribution >= 4 is 17.5 Å². The molecule has 3 aromatic rings. The van der Waals surface area contributed by atoms with Crippen LogP contribution in [0.15, 0.2) is 55.1 Å². The lowest BCUT2D eigenvalue weighted by molar-refractivity contribution is 0.252. The number of rotatable bonds is 9. The molecule has 2 aromatic heterocycles. The van der Waals surface area contributed by atoms with Crippen LogP contribution in [-0.4, -0.2) is 34.6 Å². The molecule has 0 bridgehead atoms. The molecule has 0 radical (unpaired) electrons. The van der Waals surface area contributed by atoms with Crippen LogP contribution in [0.2, 0.25) is 0 Å². The van der Waals surface area contributed by atoms with Crippen LogP contribution in [0.25, 0.3) is 11.3 Å². The van der Waals surface area contributed by atoms with Gasteiger partial charge in [-0.25, -0.2) is 9.78 Å². The lowest BCUT2D eigenvalue weighted by Gasteiger charge is -2.19. The van der Waals surface area contributed by atoms with Crippen LogP contribution in [0.5, 0.6) is 5.75 Å². The molecule has 0 aliphatic heterocycles. The van der Waals surface area contributed by atoms with Gasteiger partial charge in [-0.2, -0.15) is 0 Å². The number of amides is 2. The van der Waals surface area contributed by atoms with E-state index in [1.807, 2.05) is 31.3 Å². The molecule has 0 saturated heterocycles. The summed E-state index contributed by atoms with van der Waals surface area (Å²) < 4.78 is 5.46. The Morgan fingerprint density at radius 3 is 2.66 bits per heavy atom. The average Bonchev–Trinajstić information content (AvgIpc) is 2.80. The molecule has 3 N–H and O–H groups in total. The predicted octanol–water partition coefficient (Wildman–Crippen LogP) is 5.28. The molecule has 2 amide bonds. The van der Waals surface area contributed by atoms with Gasteiger partial charge in [0.25, 0.3) is 0 Å². The van der Waals surface area contributed by atoms with Crippen molar-refractivity contribution in [3.63, 3.8) is 0 Å². The van der Waals surface area contributed by atoms with E-state index in [1.165, 1.54) is 0 Å². The second kappa shape index (κ2) is 12.2. The lowest BCUT2D eigenvalue weighted by Crippen LogP contribution is -2.28. The van der Waals surface area contributed by atoms with Gasteiger partial charge in [0.15, 0.2) is 0 Å². The number of pyridine rings is 1. The van der Waals surface area contributed by atoms with Gasteiger partial charge in [0, 0.05) is 24.5 Å². The van der Waals surface area contributed by atoms with Crippen molar-refractivity contribution in [2.24, 2.45) is 0 Å². The summed E-state index contributed by atoms with van der Waals surface area (Å²) in [6.45, 7) is 4.55. The third-order valence-corrected chi connectivity index (χ3v) is 4.70. The molecular formula is C24H32N6O2. The summed E-state index contributed by atoms with van der Waals surface area (Å²) in [5, 5.41) is 8.96. The number of methoxy groups -OCH3 is 1. The minimum Gasteiger partial charge on any atom is -0.495 e. The Morgan fingerprint density at radius 2 is 1.97 bits per heavy atom. The number of ether oxygens (including phenoxy) is 1. The van der Waals surface area contributed by atoms with Crippen molar-refractivity contribution in [1.29, 1.82) is 0 Å². The number of nitrogens with zero attached hydrogens (tertiary/aromatic N) is 3. The fourth-order valence-electron chi connectivity index (χ4n) is 3.23. The predicted molar refractivity (Wildman–Crippen MR) is 129 cm³/mol. The molecule has 0 fully saturated rings. The highest BCUT2D eigenvalue weighted by Gasteiger charge is 2.13. The molecule has 8 heteroatoms. The lowest BCUT2D eigenvalue weighted by atomic mass is 10.0. The number of hydrogen-bond donors (Lipinski definition) is 3. The molecule has 0 spiro atoms. The zero-order chi connectivity index (χ0) is 22.1. The number of aromatic nitrogens is 3. The molecule has 0 aliphatic carbocycles. The van der Waals surface area contributed by atoms with Gasteiger partial charge >= 0.3 is 6.03 Å². The number of anilines is 2. The van der Waals surface area contributed by atoms with E-state index in [2.05, 4.69) is 38.9 Å². The van der Waals surface area contributed by atoms with Gasteiger partial charge in [0.1, 0.15) is 11.6 Å². The summed E-state index contributed by atoms with van der Waals surface area (Å²) in [7, 11) is 1.56. The molecule has 3 rings (SSSR count). The van der Waals surface area contributed by atoms with Crippen molar-refractivity contribution in [2.45, 2.75) is 40.2 Å². The Hall–Kier alpha value is -3.68. The van der Waals surface area contributed by atoms with Gasteiger partial charge in [-0.1, -0.05) is 32.9 Å². The van der Waals surface area contributed by atoms with Gasteiger partial charge in [0.05, 0.1) is 36.9 Å². The van der Waals surface area contributed by atoms with Crippen molar-refractivity contribution in [2.75, 3.05) is 24.3 Å². The van der Waals surface area contributed by atoms with Crippen LogP contribution in [0, 0.1) is 0 Å². The number of nitrogens with one attached hydrogen (secondary N) is 3. The number of urea groups is 1. The third kappa shape index (κ3) is 6.41. The summed E-state index contributed by atoms with van der Waals surface area (Å²) in [6.07, 6.45) is 9.03. The monoisotopic (exact) mass is 436 g/mol. The maximum atomic E-state index is 11.8. The number of hydrogen-bond acceptors (Lipinski definition) is 6. The Kier molecular flexibility index (Phi) is 9.41. The molecule has 0 saturated carbocycles. The van der Waals surface area contributed by atoms with E-state index >= 15 is 0 Å². The Morgan fingerprint density at radius 1 is 1.12 bits per heavy atom. The number of carbonyl (C=O) groups excluding carboxylic acids is 1. The highest BCUT2D eigenvalue weighted by Crippen LogP contribution is 2.31. The second-order valence-electron chi connectivity index (χ2n) is 6.96. The van der Waals surface area contributed by atoms with Crippen LogP contribution in [0.1, 0.15) is 45.7 Å². The minimum atomic E-state index is -0.281. The van der Waals surface area contributed by atoms with Crippen LogP contribution in [-0.2, 0) is 0 Å². The maximum Gasteiger partial charge on any atom is 0.319 e. The summed E-state index contributed by atoms with van der Waals surface area (Å²) in [5.74, 6) is 1.23. The van der Waals surface area contributed by atoms with E-state index in [1.54, 1.807) is 31.8 Å². The topological polar surface area (TPSA) is 101 Å². The minimum absolute atomic E-state index is 0.